The van der Waals surface area contributed by atoms with Gasteiger partial charge in [0, 0.05) is 6.54 Å². The number of hydrogen-bond donors (Lipinski definition) is 1. The van der Waals surface area contributed by atoms with Gasteiger partial charge < -0.3 is 5.32 Å². The molecule has 0 aliphatic rings. The summed E-state index contributed by atoms with van der Waals surface area (Å²) in [6, 6.07) is 0. The molecule has 0 radical (unpaired) electrons. The van der Waals surface area contributed by atoms with E-state index in [2.05, 4.69) is 10.5 Å². The molecule has 0 aliphatic carbocycles. The van der Waals surface area contributed by atoms with E-state index in [-0.39, 0.29) is 0 Å². The van der Waals surface area contributed by atoms with Crippen LogP contribution in [-0.4, -0.2) is 19.5 Å². The molecule has 0 spiro atoms. The summed E-state index contributed by atoms with van der Waals surface area (Å²) in [7, 11) is 0. The summed E-state index contributed by atoms with van der Waals surface area (Å²) < 4.78 is 0. The lowest BCUT2D eigenvalue weighted by Gasteiger charge is -1.97. The Morgan fingerprint density at radius 3 is 2.55 bits per heavy atom. The molecule has 64 valence electrons. The third-order valence-corrected chi connectivity index (χ3v) is 1.40. The number of hydrogen-bond acceptors (Lipinski definition) is 3. The first-order chi connectivity index (χ1) is 5.41. The lowest BCUT2D eigenvalue weighted by Crippen LogP contribution is -2.11. The van der Waals surface area contributed by atoms with Gasteiger partial charge in [0.05, 0.1) is 6.54 Å². The van der Waals surface area contributed by atoms with Crippen LogP contribution in [0.15, 0.2) is 5.18 Å². The van der Waals surface area contributed by atoms with Crippen molar-refractivity contribution in [3.63, 3.8) is 0 Å². The van der Waals surface area contributed by atoms with Crippen LogP contribution in [0.3, 0.4) is 0 Å². The molecule has 0 aliphatic heterocycles. The first-order valence-corrected chi connectivity index (χ1v) is 3.88. The maximum absolute atomic E-state index is 9.77. The van der Waals surface area contributed by atoms with Crippen LogP contribution >= 0.6 is 0 Å². The molecule has 11 heavy (non-hydrogen) atoms. The Labute approximate surface area is 66.3 Å². The highest BCUT2D eigenvalue weighted by Gasteiger charge is 1.88. The summed E-state index contributed by atoms with van der Waals surface area (Å²) in [5, 5.41) is 5.32. The summed E-state index contributed by atoms with van der Waals surface area (Å²) in [5.74, 6) is 0. The highest BCUT2D eigenvalue weighted by atomic mass is 16.3. The van der Waals surface area contributed by atoms with Gasteiger partial charge in [-0.2, -0.15) is 4.91 Å². The van der Waals surface area contributed by atoms with Crippen LogP contribution in [0.25, 0.3) is 0 Å². The van der Waals surface area contributed by atoms with Crippen molar-refractivity contribution in [3.05, 3.63) is 4.91 Å². The molecular formula is C7H14N2O2. The van der Waals surface area contributed by atoms with Crippen molar-refractivity contribution in [1.29, 1.82) is 0 Å². The van der Waals surface area contributed by atoms with Gasteiger partial charge >= 0.3 is 0 Å². The molecule has 0 fully saturated rings. The monoisotopic (exact) mass is 158 g/mol. The zero-order chi connectivity index (χ0) is 8.36. The highest BCUT2D eigenvalue weighted by Crippen LogP contribution is 1.98. The molecular weight excluding hydrogens is 144 g/mol. The van der Waals surface area contributed by atoms with Gasteiger partial charge in [-0.05, 0) is 12.8 Å². The third kappa shape index (κ3) is 9.07. The number of nitrogens with one attached hydrogen (secondary N) is 1. The number of amides is 1. The molecule has 0 aromatic rings. The quantitative estimate of drug-likeness (QED) is 0.326. The smallest absolute Gasteiger partial charge is 0.207 e. The van der Waals surface area contributed by atoms with Gasteiger partial charge in [-0.3, -0.25) is 4.79 Å². The largest absolute Gasteiger partial charge is 0.359 e. The van der Waals surface area contributed by atoms with Crippen LogP contribution < -0.4 is 5.32 Å². The first kappa shape index (κ1) is 10.1. The number of carbonyl (C=O) groups is 1. The minimum Gasteiger partial charge on any atom is -0.359 e. The van der Waals surface area contributed by atoms with E-state index in [1.54, 1.807) is 0 Å². The predicted molar refractivity (Wildman–Crippen MR) is 43.2 cm³/mol. The van der Waals surface area contributed by atoms with Crippen LogP contribution in [0.1, 0.15) is 25.7 Å². The van der Waals surface area contributed by atoms with Gasteiger partial charge in [-0.15, -0.1) is 0 Å². The molecule has 1 N–H and O–H groups in total. The average molecular weight is 158 g/mol. The second-order valence-electron chi connectivity index (χ2n) is 2.34. The maximum atomic E-state index is 9.77. The Bertz CT molecular complexity index is 94.6. The van der Waals surface area contributed by atoms with Gasteiger partial charge in [0.15, 0.2) is 0 Å². The molecule has 0 rings (SSSR count). The molecule has 0 heterocycles. The topological polar surface area (TPSA) is 58.5 Å². The zero-order valence-electron chi connectivity index (χ0n) is 6.58. The van der Waals surface area contributed by atoms with Crippen molar-refractivity contribution in [2.24, 2.45) is 5.18 Å². The summed E-state index contributed by atoms with van der Waals surface area (Å²) in [4.78, 5) is 19.4. The van der Waals surface area contributed by atoms with Crippen LogP contribution in [0.5, 0.6) is 0 Å². The lowest BCUT2D eigenvalue weighted by atomic mass is 10.2. The number of carbonyl (C=O) groups excluding carboxylic acids is 1. The Balaban J connectivity index is 2.79. The minimum atomic E-state index is 0.418. The molecule has 0 unspecified atom stereocenters. The van der Waals surface area contributed by atoms with Gasteiger partial charge in [-0.25, -0.2) is 0 Å². The fourth-order valence-corrected chi connectivity index (χ4v) is 0.816. The summed E-state index contributed by atoms with van der Waals surface area (Å²) in [6.07, 6.45) is 4.62. The molecule has 0 atom stereocenters. The number of unbranched alkanes of at least 4 members (excludes halogenated alkanes) is 3. The van der Waals surface area contributed by atoms with E-state index in [0.717, 1.165) is 32.2 Å². The van der Waals surface area contributed by atoms with E-state index in [0.29, 0.717) is 13.0 Å². The molecule has 4 heteroatoms. The van der Waals surface area contributed by atoms with Gasteiger partial charge in [0.2, 0.25) is 6.41 Å². The van der Waals surface area contributed by atoms with Gasteiger partial charge in [0.25, 0.3) is 0 Å². The molecule has 0 aromatic carbocycles. The molecule has 1 amide bonds. The third-order valence-electron chi connectivity index (χ3n) is 1.40. The lowest BCUT2D eigenvalue weighted by molar-refractivity contribution is -0.109. The summed E-state index contributed by atoms with van der Waals surface area (Å²) >= 11 is 0. The van der Waals surface area contributed by atoms with E-state index in [1.807, 2.05) is 0 Å². The summed E-state index contributed by atoms with van der Waals surface area (Å²) in [5.41, 5.74) is 0. The Morgan fingerprint density at radius 1 is 1.18 bits per heavy atom. The molecule has 4 nitrogen and oxygen atoms in total. The summed E-state index contributed by atoms with van der Waals surface area (Å²) in [6.45, 7) is 1.15. The SMILES string of the molecule is O=CNCCCCCCN=O. The van der Waals surface area contributed by atoms with E-state index in [9.17, 15) is 9.70 Å². The second-order valence-corrected chi connectivity index (χ2v) is 2.34. The predicted octanol–water partition coefficient (Wildman–Crippen LogP) is 1.06. The van der Waals surface area contributed by atoms with Crippen LogP contribution in [0, 0.1) is 4.91 Å². The molecule has 0 saturated heterocycles. The van der Waals surface area contributed by atoms with E-state index >= 15 is 0 Å². The van der Waals surface area contributed by atoms with Crippen LogP contribution in [0.2, 0.25) is 0 Å². The fraction of sp³-hybridized carbons (Fsp3) is 0.857. The molecule has 0 saturated carbocycles. The van der Waals surface area contributed by atoms with Crippen molar-refractivity contribution in [3.8, 4) is 0 Å². The number of nitroso groups, excluding NO2 is 1. The van der Waals surface area contributed by atoms with E-state index < -0.39 is 0 Å². The minimum absolute atomic E-state index is 0.418. The molecule has 0 aromatic heterocycles. The Kier molecular flexibility index (Phi) is 8.30. The van der Waals surface area contributed by atoms with Crippen LogP contribution in [-0.2, 0) is 4.79 Å². The second kappa shape index (κ2) is 9.07. The van der Waals surface area contributed by atoms with Crippen molar-refractivity contribution in [2.75, 3.05) is 13.1 Å². The van der Waals surface area contributed by atoms with Crippen molar-refractivity contribution in [2.45, 2.75) is 25.7 Å². The number of rotatable bonds is 8. The Hall–Kier alpha value is -0.930. The van der Waals surface area contributed by atoms with Gasteiger partial charge in [-0.1, -0.05) is 18.0 Å². The molecule has 0 bridgehead atoms. The fourth-order valence-electron chi connectivity index (χ4n) is 0.816. The highest BCUT2D eigenvalue weighted by molar-refractivity contribution is 5.45. The first-order valence-electron chi connectivity index (χ1n) is 3.88. The Morgan fingerprint density at radius 2 is 1.91 bits per heavy atom. The average Bonchev–Trinajstić information content (AvgIpc) is 2.03. The standard InChI is InChI=1S/C7H14N2O2/c10-7-8-5-3-1-2-4-6-9-11/h7H,1-6H2,(H,8,10). The van der Waals surface area contributed by atoms with Gasteiger partial charge in [0.1, 0.15) is 0 Å². The normalized spacial score (nSPS) is 9.09. The number of nitrogens with zero attached hydrogens (tertiary/aromatic N) is 1. The van der Waals surface area contributed by atoms with Crippen molar-refractivity contribution in [1.82, 2.24) is 5.32 Å². The van der Waals surface area contributed by atoms with Crippen molar-refractivity contribution < 1.29 is 4.79 Å². The van der Waals surface area contributed by atoms with Crippen molar-refractivity contribution >= 4 is 6.41 Å². The maximum Gasteiger partial charge on any atom is 0.207 e. The van der Waals surface area contributed by atoms with E-state index in [1.165, 1.54) is 0 Å². The van der Waals surface area contributed by atoms with E-state index in [4.69, 9.17) is 0 Å². The zero-order valence-corrected chi connectivity index (χ0v) is 6.58. The van der Waals surface area contributed by atoms with Crippen LogP contribution in [0.4, 0.5) is 0 Å².